The average Bonchev–Trinajstić information content (AvgIpc) is 2.44. The number of methoxy groups -OCH3 is 1. The number of carbonyl (C=O) groups is 1. The number of hydrogen-bond acceptors (Lipinski definition) is 4. The molecule has 0 aliphatic carbocycles. The van der Waals surface area contributed by atoms with Gasteiger partial charge in [0.25, 0.3) is 0 Å². The van der Waals surface area contributed by atoms with Crippen LogP contribution in [0.15, 0.2) is 24.3 Å². The van der Waals surface area contributed by atoms with Gasteiger partial charge in [-0.2, -0.15) is 5.26 Å². The minimum absolute atomic E-state index is 0.0134. The van der Waals surface area contributed by atoms with Crippen LogP contribution in [0.5, 0.6) is 5.75 Å². The maximum Gasteiger partial charge on any atom is 0.241 e. The quantitative estimate of drug-likeness (QED) is 0.778. The molecule has 5 nitrogen and oxygen atoms in total. The monoisotopic (exact) mass is 261 g/mol. The standard InChI is InChI=1S/C14H19N3O2/c1-16(9-5-8-15)14(18)11-17(2)12-6-4-7-13(10-12)19-3/h4,6-7,10H,5,9,11H2,1-3H3. The fourth-order valence-electron chi connectivity index (χ4n) is 1.61. The van der Waals surface area contributed by atoms with Crippen LogP contribution in [-0.2, 0) is 4.79 Å². The van der Waals surface area contributed by atoms with Crippen molar-refractivity contribution in [2.45, 2.75) is 6.42 Å². The Morgan fingerprint density at radius 3 is 2.79 bits per heavy atom. The van der Waals surface area contributed by atoms with Crippen molar-refractivity contribution in [3.05, 3.63) is 24.3 Å². The molecule has 102 valence electrons. The molecule has 0 unspecified atom stereocenters. The van der Waals surface area contributed by atoms with Crippen molar-refractivity contribution in [3.63, 3.8) is 0 Å². The summed E-state index contributed by atoms with van der Waals surface area (Å²) in [7, 11) is 5.17. The lowest BCUT2D eigenvalue weighted by Gasteiger charge is -2.23. The molecule has 0 aliphatic heterocycles. The van der Waals surface area contributed by atoms with Crippen LogP contribution in [0.2, 0.25) is 0 Å². The number of carbonyl (C=O) groups excluding carboxylic acids is 1. The SMILES string of the molecule is COc1cccc(N(C)CC(=O)N(C)CCC#N)c1. The van der Waals surface area contributed by atoms with Crippen LogP contribution in [-0.4, -0.2) is 45.1 Å². The van der Waals surface area contributed by atoms with E-state index in [9.17, 15) is 4.79 Å². The van der Waals surface area contributed by atoms with Crippen molar-refractivity contribution in [2.24, 2.45) is 0 Å². The first-order valence-electron chi connectivity index (χ1n) is 6.04. The van der Waals surface area contributed by atoms with Crippen LogP contribution in [0.4, 0.5) is 5.69 Å². The first-order valence-corrected chi connectivity index (χ1v) is 6.04. The van der Waals surface area contributed by atoms with E-state index in [-0.39, 0.29) is 12.5 Å². The molecular formula is C14H19N3O2. The smallest absolute Gasteiger partial charge is 0.241 e. The number of benzene rings is 1. The largest absolute Gasteiger partial charge is 0.497 e. The van der Waals surface area contributed by atoms with E-state index in [2.05, 4.69) is 0 Å². The molecule has 1 rings (SSSR count). The van der Waals surface area contributed by atoms with E-state index < -0.39 is 0 Å². The molecular weight excluding hydrogens is 242 g/mol. The van der Waals surface area contributed by atoms with E-state index in [1.54, 1.807) is 19.1 Å². The summed E-state index contributed by atoms with van der Waals surface area (Å²) in [5.41, 5.74) is 0.918. The van der Waals surface area contributed by atoms with Crippen LogP contribution in [0.25, 0.3) is 0 Å². The zero-order valence-corrected chi connectivity index (χ0v) is 11.6. The van der Waals surface area contributed by atoms with Crippen LogP contribution in [0.1, 0.15) is 6.42 Å². The molecule has 0 spiro atoms. The van der Waals surface area contributed by atoms with E-state index in [4.69, 9.17) is 10.00 Å². The molecule has 0 fully saturated rings. The van der Waals surface area contributed by atoms with Crippen molar-refractivity contribution in [3.8, 4) is 11.8 Å². The molecule has 1 amide bonds. The lowest BCUT2D eigenvalue weighted by Crippen LogP contribution is -2.37. The Balaban J connectivity index is 2.61. The molecule has 0 aliphatic rings. The summed E-state index contributed by atoms with van der Waals surface area (Å²) in [4.78, 5) is 15.4. The van der Waals surface area contributed by atoms with Gasteiger partial charge in [0, 0.05) is 32.4 Å². The van der Waals surface area contributed by atoms with Gasteiger partial charge in [-0.15, -0.1) is 0 Å². The molecule has 0 saturated carbocycles. The summed E-state index contributed by atoms with van der Waals surface area (Å²) in [5.74, 6) is 0.746. The van der Waals surface area contributed by atoms with E-state index in [1.165, 1.54) is 0 Å². The summed E-state index contributed by atoms with van der Waals surface area (Å²) < 4.78 is 5.15. The topological polar surface area (TPSA) is 56.6 Å². The van der Waals surface area contributed by atoms with Gasteiger partial charge in [-0.05, 0) is 12.1 Å². The van der Waals surface area contributed by atoms with Crippen molar-refractivity contribution < 1.29 is 9.53 Å². The molecule has 19 heavy (non-hydrogen) atoms. The minimum Gasteiger partial charge on any atom is -0.497 e. The van der Waals surface area contributed by atoms with E-state index in [0.717, 1.165) is 11.4 Å². The number of likely N-dealkylation sites (N-methyl/N-ethyl adjacent to an activating group) is 2. The Bertz CT molecular complexity index is 468. The van der Waals surface area contributed by atoms with Crippen molar-refractivity contribution in [1.29, 1.82) is 5.26 Å². The second-order valence-corrected chi connectivity index (χ2v) is 4.28. The van der Waals surface area contributed by atoms with Crippen LogP contribution in [0.3, 0.4) is 0 Å². The number of hydrogen-bond donors (Lipinski definition) is 0. The van der Waals surface area contributed by atoms with Gasteiger partial charge >= 0.3 is 0 Å². The second kappa shape index (κ2) is 7.27. The molecule has 1 aromatic carbocycles. The first kappa shape index (κ1) is 14.8. The lowest BCUT2D eigenvalue weighted by atomic mass is 10.2. The molecule has 0 atom stereocenters. The van der Waals surface area contributed by atoms with Gasteiger partial charge in [0.15, 0.2) is 0 Å². The normalized spacial score (nSPS) is 9.58. The molecule has 0 N–H and O–H groups in total. The molecule has 5 heteroatoms. The van der Waals surface area contributed by atoms with Crippen LogP contribution in [0, 0.1) is 11.3 Å². The van der Waals surface area contributed by atoms with Crippen molar-refractivity contribution >= 4 is 11.6 Å². The summed E-state index contributed by atoms with van der Waals surface area (Å²) >= 11 is 0. The molecule has 0 aromatic heterocycles. The predicted molar refractivity (Wildman–Crippen MR) is 74.1 cm³/mol. The summed E-state index contributed by atoms with van der Waals surface area (Å²) in [5, 5.41) is 8.50. The second-order valence-electron chi connectivity index (χ2n) is 4.28. The van der Waals surface area contributed by atoms with E-state index in [1.807, 2.05) is 42.3 Å². The zero-order valence-electron chi connectivity index (χ0n) is 11.6. The van der Waals surface area contributed by atoms with Crippen LogP contribution >= 0.6 is 0 Å². The fraction of sp³-hybridized carbons (Fsp3) is 0.429. The third kappa shape index (κ3) is 4.51. The minimum atomic E-state index is -0.0134. The van der Waals surface area contributed by atoms with Gasteiger partial charge in [0.2, 0.25) is 5.91 Å². The highest BCUT2D eigenvalue weighted by molar-refractivity contribution is 5.81. The first-order chi connectivity index (χ1) is 9.08. The summed E-state index contributed by atoms with van der Waals surface area (Å²) in [6, 6.07) is 9.57. The van der Waals surface area contributed by atoms with Gasteiger partial charge in [0.1, 0.15) is 5.75 Å². The van der Waals surface area contributed by atoms with Gasteiger partial charge in [-0.1, -0.05) is 6.07 Å². The highest BCUT2D eigenvalue weighted by Gasteiger charge is 2.12. The Hall–Kier alpha value is -2.22. The zero-order chi connectivity index (χ0) is 14.3. The third-order valence-electron chi connectivity index (χ3n) is 2.85. The molecule has 0 bridgehead atoms. The number of ether oxygens (including phenoxy) is 1. The van der Waals surface area contributed by atoms with Gasteiger partial charge in [-0.3, -0.25) is 4.79 Å². The van der Waals surface area contributed by atoms with E-state index >= 15 is 0 Å². The average molecular weight is 261 g/mol. The van der Waals surface area contributed by atoms with Gasteiger partial charge in [-0.25, -0.2) is 0 Å². The number of amides is 1. The number of nitriles is 1. The maximum absolute atomic E-state index is 11.9. The summed E-state index contributed by atoms with van der Waals surface area (Å²) in [6.07, 6.45) is 0.352. The Morgan fingerprint density at radius 2 is 2.16 bits per heavy atom. The molecule has 0 radical (unpaired) electrons. The number of rotatable bonds is 6. The van der Waals surface area contributed by atoms with Crippen molar-refractivity contribution in [1.82, 2.24) is 4.90 Å². The lowest BCUT2D eigenvalue weighted by molar-refractivity contribution is -0.128. The molecule has 0 heterocycles. The Kier molecular flexibility index (Phi) is 5.68. The number of anilines is 1. The highest BCUT2D eigenvalue weighted by atomic mass is 16.5. The molecule has 0 saturated heterocycles. The van der Waals surface area contributed by atoms with E-state index in [0.29, 0.717) is 13.0 Å². The summed E-state index contributed by atoms with van der Waals surface area (Å²) in [6.45, 7) is 0.733. The maximum atomic E-state index is 11.9. The van der Waals surface area contributed by atoms with Gasteiger partial charge in [0.05, 0.1) is 26.1 Å². The molecule has 1 aromatic rings. The Morgan fingerprint density at radius 1 is 1.42 bits per heavy atom. The van der Waals surface area contributed by atoms with Crippen LogP contribution < -0.4 is 9.64 Å². The number of nitrogens with zero attached hydrogens (tertiary/aromatic N) is 3. The predicted octanol–water partition coefficient (Wildman–Crippen LogP) is 1.50. The highest BCUT2D eigenvalue weighted by Crippen LogP contribution is 2.19. The third-order valence-corrected chi connectivity index (χ3v) is 2.85. The van der Waals surface area contributed by atoms with Gasteiger partial charge < -0.3 is 14.5 Å². The fourth-order valence-corrected chi connectivity index (χ4v) is 1.61. The Labute approximate surface area is 114 Å². The van der Waals surface area contributed by atoms with Crippen molar-refractivity contribution in [2.75, 3.05) is 39.2 Å².